The van der Waals surface area contributed by atoms with Crippen molar-refractivity contribution in [3.05, 3.63) is 77.4 Å². The summed E-state index contributed by atoms with van der Waals surface area (Å²) in [5.41, 5.74) is 12.3. The third-order valence-corrected chi connectivity index (χ3v) is 7.78. The van der Waals surface area contributed by atoms with E-state index >= 15 is 0 Å². The summed E-state index contributed by atoms with van der Waals surface area (Å²) in [6.07, 6.45) is 4.73. The molecule has 0 amide bonds. The zero-order chi connectivity index (χ0) is 23.4. The van der Waals surface area contributed by atoms with Gasteiger partial charge in [-0.2, -0.15) is 5.10 Å². The first-order chi connectivity index (χ1) is 16.5. The number of anilines is 1. The summed E-state index contributed by atoms with van der Waals surface area (Å²) < 4.78 is 21.9. The Morgan fingerprint density at radius 1 is 1.12 bits per heavy atom. The van der Waals surface area contributed by atoms with Crippen molar-refractivity contribution in [1.82, 2.24) is 14.6 Å². The number of rotatable bonds is 3. The van der Waals surface area contributed by atoms with Gasteiger partial charge in [-0.1, -0.05) is 18.2 Å². The average molecular weight is 458 g/mol. The molecule has 4 aromatic rings. The lowest BCUT2D eigenvalue weighted by Crippen LogP contribution is -2.44. The Morgan fingerprint density at radius 3 is 2.68 bits per heavy atom. The first kappa shape index (κ1) is 21.1. The molecule has 0 radical (unpaired) electrons. The molecule has 0 unspecified atom stereocenters. The zero-order valence-corrected chi connectivity index (χ0v) is 19.5. The summed E-state index contributed by atoms with van der Waals surface area (Å²) in [6.45, 7) is 3.66. The number of fused-ring (bicyclic) bond motifs is 2. The van der Waals surface area contributed by atoms with E-state index in [-0.39, 0.29) is 17.3 Å². The number of hydrogen-bond acceptors (Lipinski definition) is 5. The lowest BCUT2D eigenvalue weighted by molar-refractivity contribution is 0.187. The van der Waals surface area contributed by atoms with Gasteiger partial charge in [0, 0.05) is 24.7 Å². The van der Waals surface area contributed by atoms with Crippen molar-refractivity contribution in [2.24, 2.45) is 11.1 Å². The quantitative estimate of drug-likeness (QED) is 0.483. The largest absolute Gasteiger partial charge is 0.497 e. The molecule has 0 saturated carbocycles. The molecule has 7 heteroatoms. The SMILES string of the molecule is COc1ccc2c(c1)[C@@H](N)C1(CCN(c3nc(C)c(-c4ccccc4F)n4nccc34)CC1)C2. The molecule has 1 atom stereocenters. The first-order valence-electron chi connectivity index (χ1n) is 11.8. The molecule has 0 bridgehead atoms. The normalized spacial score (nSPS) is 19.1. The van der Waals surface area contributed by atoms with E-state index in [0.717, 1.165) is 55.1 Å². The fourth-order valence-corrected chi connectivity index (χ4v) is 5.89. The first-order valence-corrected chi connectivity index (χ1v) is 11.8. The summed E-state index contributed by atoms with van der Waals surface area (Å²) in [4.78, 5) is 7.29. The van der Waals surface area contributed by atoms with Crippen molar-refractivity contribution in [2.45, 2.75) is 32.2 Å². The third-order valence-electron chi connectivity index (χ3n) is 7.78. The van der Waals surface area contributed by atoms with Gasteiger partial charge in [-0.25, -0.2) is 13.9 Å². The second-order valence-electron chi connectivity index (χ2n) is 9.55. The van der Waals surface area contributed by atoms with E-state index in [1.807, 2.05) is 29.6 Å². The van der Waals surface area contributed by atoms with Crippen LogP contribution < -0.4 is 15.4 Å². The van der Waals surface area contributed by atoms with Gasteiger partial charge in [0.1, 0.15) is 17.1 Å². The second-order valence-corrected chi connectivity index (χ2v) is 9.55. The Bertz CT molecular complexity index is 1390. The number of methoxy groups -OCH3 is 1. The molecule has 6 nitrogen and oxygen atoms in total. The number of nitrogens with zero attached hydrogens (tertiary/aromatic N) is 4. The molecular formula is C27H28FN5O. The minimum atomic E-state index is -0.275. The minimum Gasteiger partial charge on any atom is -0.497 e. The van der Waals surface area contributed by atoms with Crippen molar-refractivity contribution in [3.63, 3.8) is 0 Å². The van der Waals surface area contributed by atoms with E-state index in [4.69, 9.17) is 15.5 Å². The summed E-state index contributed by atoms with van der Waals surface area (Å²) in [5.74, 6) is 1.49. The molecule has 3 heterocycles. The van der Waals surface area contributed by atoms with Gasteiger partial charge in [0.15, 0.2) is 5.82 Å². The van der Waals surface area contributed by atoms with Crippen molar-refractivity contribution in [1.29, 1.82) is 0 Å². The number of hydrogen-bond donors (Lipinski definition) is 1. The molecule has 1 aliphatic carbocycles. The standard InChI is InChI=1S/C27H28FN5O/c1-17-24(20-5-3-4-6-22(20)28)33-23(9-12-30-33)26(31-17)32-13-10-27(11-14-32)16-18-7-8-19(34-2)15-21(18)25(27)29/h3-9,12,15,25H,10-11,13-14,16,29H2,1-2H3/t25-/m1/s1. The average Bonchev–Trinajstić information content (AvgIpc) is 3.43. The lowest BCUT2D eigenvalue weighted by Gasteiger charge is -2.42. The molecule has 34 heavy (non-hydrogen) atoms. The van der Waals surface area contributed by atoms with Crippen LogP contribution in [0.1, 0.15) is 35.7 Å². The highest BCUT2D eigenvalue weighted by Gasteiger charge is 2.46. The highest BCUT2D eigenvalue weighted by atomic mass is 19.1. The van der Waals surface area contributed by atoms with Crippen molar-refractivity contribution in [2.75, 3.05) is 25.1 Å². The summed E-state index contributed by atoms with van der Waals surface area (Å²) >= 11 is 0. The third kappa shape index (κ3) is 3.10. The number of nitrogens with two attached hydrogens (primary N) is 1. The van der Waals surface area contributed by atoms with Crippen LogP contribution >= 0.6 is 0 Å². The van der Waals surface area contributed by atoms with Gasteiger partial charge in [-0.3, -0.25) is 0 Å². The molecule has 6 rings (SSSR count). The monoisotopic (exact) mass is 457 g/mol. The van der Waals surface area contributed by atoms with Gasteiger partial charge >= 0.3 is 0 Å². The van der Waals surface area contributed by atoms with Gasteiger partial charge in [0.25, 0.3) is 0 Å². The van der Waals surface area contributed by atoms with E-state index < -0.39 is 0 Å². The van der Waals surface area contributed by atoms with Gasteiger partial charge < -0.3 is 15.4 Å². The fraction of sp³-hybridized carbons (Fsp3) is 0.333. The van der Waals surface area contributed by atoms with Crippen LogP contribution in [0.4, 0.5) is 10.2 Å². The van der Waals surface area contributed by atoms with E-state index in [2.05, 4.69) is 22.1 Å². The molecule has 2 aliphatic rings. The Balaban J connectivity index is 1.31. The van der Waals surface area contributed by atoms with Crippen molar-refractivity contribution in [3.8, 4) is 17.0 Å². The Hall–Kier alpha value is -3.45. The van der Waals surface area contributed by atoms with Crippen LogP contribution in [0.2, 0.25) is 0 Å². The summed E-state index contributed by atoms with van der Waals surface area (Å²) in [5, 5.41) is 4.53. The van der Waals surface area contributed by atoms with E-state index in [9.17, 15) is 4.39 Å². The second kappa shape index (κ2) is 7.81. The van der Waals surface area contributed by atoms with Crippen molar-refractivity contribution < 1.29 is 9.13 Å². The van der Waals surface area contributed by atoms with Crippen LogP contribution in [-0.2, 0) is 6.42 Å². The molecule has 2 aromatic heterocycles. The Labute approximate surface area is 198 Å². The predicted molar refractivity (Wildman–Crippen MR) is 131 cm³/mol. The van der Waals surface area contributed by atoms with E-state index in [0.29, 0.717) is 11.3 Å². The molecule has 1 fully saturated rings. The molecule has 174 valence electrons. The van der Waals surface area contributed by atoms with Crippen LogP contribution in [0.15, 0.2) is 54.7 Å². The van der Waals surface area contributed by atoms with Crippen LogP contribution in [0.3, 0.4) is 0 Å². The molecule has 2 N–H and O–H groups in total. The summed E-state index contributed by atoms with van der Waals surface area (Å²) in [6, 6.07) is 15.0. The minimum absolute atomic E-state index is 0.00728. The van der Waals surface area contributed by atoms with Gasteiger partial charge in [-0.05, 0) is 73.1 Å². The molecule has 1 spiro atoms. The number of halogens is 1. The summed E-state index contributed by atoms with van der Waals surface area (Å²) in [7, 11) is 1.69. The Kier molecular flexibility index (Phi) is 4.85. The number of aromatic nitrogens is 3. The predicted octanol–water partition coefficient (Wildman–Crippen LogP) is 4.70. The number of aryl methyl sites for hydroxylation is 1. The van der Waals surface area contributed by atoms with Crippen LogP contribution in [0, 0.1) is 18.2 Å². The number of benzene rings is 2. The topological polar surface area (TPSA) is 68.7 Å². The van der Waals surface area contributed by atoms with Crippen LogP contribution in [0.25, 0.3) is 16.8 Å². The van der Waals surface area contributed by atoms with Crippen molar-refractivity contribution >= 4 is 11.3 Å². The maximum absolute atomic E-state index is 14.6. The molecular weight excluding hydrogens is 429 g/mol. The highest BCUT2D eigenvalue weighted by molar-refractivity contribution is 5.75. The molecule has 1 saturated heterocycles. The highest BCUT2D eigenvalue weighted by Crippen LogP contribution is 2.51. The smallest absolute Gasteiger partial charge is 0.155 e. The fourth-order valence-electron chi connectivity index (χ4n) is 5.89. The molecule has 1 aliphatic heterocycles. The number of ether oxygens (including phenoxy) is 1. The van der Waals surface area contributed by atoms with Gasteiger partial charge in [0.2, 0.25) is 0 Å². The Morgan fingerprint density at radius 2 is 1.91 bits per heavy atom. The van der Waals surface area contributed by atoms with Crippen LogP contribution in [0.5, 0.6) is 5.75 Å². The van der Waals surface area contributed by atoms with E-state index in [1.54, 1.807) is 25.4 Å². The van der Waals surface area contributed by atoms with Crippen LogP contribution in [-0.4, -0.2) is 34.8 Å². The zero-order valence-electron chi connectivity index (χ0n) is 19.5. The maximum Gasteiger partial charge on any atom is 0.155 e. The maximum atomic E-state index is 14.6. The lowest BCUT2D eigenvalue weighted by atomic mass is 9.73. The van der Waals surface area contributed by atoms with Gasteiger partial charge in [0.05, 0.1) is 24.7 Å². The van der Waals surface area contributed by atoms with Gasteiger partial charge in [-0.15, -0.1) is 0 Å². The number of piperidine rings is 1. The van der Waals surface area contributed by atoms with E-state index in [1.165, 1.54) is 17.2 Å². The molecule has 2 aromatic carbocycles.